The Hall–Kier alpha value is -2.18. The molecule has 0 aromatic carbocycles. The van der Waals surface area contributed by atoms with Gasteiger partial charge >= 0.3 is 0 Å². The summed E-state index contributed by atoms with van der Waals surface area (Å²) in [6.07, 6.45) is 11.7. The molecule has 7 nitrogen and oxygen atoms in total. The lowest BCUT2D eigenvalue weighted by Crippen LogP contribution is -2.13. The molecule has 3 N–H and O–H groups in total. The molecule has 2 heterocycles. The molecule has 0 saturated heterocycles. The van der Waals surface area contributed by atoms with Crippen LogP contribution in [0.4, 0.5) is 11.9 Å². The maximum absolute atomic E-state index is 5.72. The molecule has 2 aromatic heterocycles. The van der Waals surface area contributed by atoms with Gasteiger partial charge in [0.05, 0.1) is 0 Å². The number of hydrogen-bond donors (Lipinski definition) is 2. The Bertz CT molecular complexity index is 546. The van der Waals surface area contributed by atoms with Gasteiger partial charge in [-0.3, -0.25) is 4.57 Å². The number of nitrogen functional groups attached to an aromatic ring is 1. The zero-order chi connectivity index (χ0) is 13.8. The molecule has 3 rings (SSSR count). The number of nitrogens with one attached hydrogen (secondary N) is 1. The van der Waals surface area contributed by atoms with Gasteiger partial charge in [-0.25, -0.2) is 4.98 Å². The third kappa shape index (κ3) is 3.04. The van der Waals surface area contributed by atoms with Gasteiger partial charge in [0, 0.05) is 18.9 Å². The topological polar surface area (TPSA) is 94.5 Å². The Labute approximate surface area is 117 Å². The first-order valence-corrected chi connectivity index (χ1v) is 7.05. The van der Waals surface area contributed by atoms with Crippen LogP contribution in [0.1, 0.15) is 32.1 Å². The minimum absolute atomic E-state index is 0.215. The van der Waals surface area contributed by atoms with E-state index in [2.05, 4.69) is 25.3 Å². The summed E-state index contributed by atoms with van der Waals surface area (Å²) in [7, 11) is 0. The van der Waals surface area contributed by atoms with Crippen molar-refractivity contribution >= 4 is 11.9 Å². The van der Waals surface area contributed by atoms with Gasteiger partial charge in [0.15, 0.2) is 0 Å². The number of rotatable bonds is 5. The lowest BCUT2D eigenvalue weighted by molar-refractivity contribution is 0.518. The van der Waals surface area contributed by atoms with E-state index in [9.17, 15) is 0 Å². The zero-order valence-electron chi connectivity index (χ0n) is 11.4. The van der Waals surface area contributed by atoms with Crippen LogP contribution in [0.2, 0.25) is 0 Å². The molecule has 0 atom stereocenters. The fourth-order valence-corrected chi connectivity index (χ4v) is 2.64. The summed E-state index contributed by atoms with van der Waals surface area (Å²) in [5, 5.41) is 3.24. The molecule has 1 fully saturated rings. The number of nitrogens with zero attached hydrogens (tertiary/aromatic N) is 5. The molecular weight excluding hydrogens is 254 g/mol. The molecule has 0 aliphatic heterocycles. The molecule has 1 saturated carbocycles. The van der Waals surface area contributed by atoms with Crippen molar-refractivity contribution in [3.63, 3.8) is 0 Å². The Kier molecular flexibility index (Phi) is 3.76. The van der Waals surface area contributed by atoms with Crippen molar-refractivity contribution in [2.24, 2.45) is 5.92 Å². The number of aromatic nitrogens is 5. The summed E-state index contributed by atoms with van der Waals surface area (Å²) in [5.41, 5.74) is 5.72. The van der Waals surface area contributed by atoms with E-state index < -0.39 is 0 Å². The third-order valence-electron chi connectivity index (χ3n) is 3.69. The lowest BCUT2D eigenvalue weighted by atomic mass is 10.0. The molecule has 7 heteroatoms. The fraction of sp³-hybridized carbons (Fsp3) is 0.538. The van der Waals surface area contributed by atoms with Crippen LogP contribution >= 0.6 is 0 Å². The van der Waals surface area contributed by atoms with Crippen molar-refractivity contribution in [1.82, 2.24) is 24.5 Å². The molecule has 0 radical (unpaired) electrons. The largest absolute Gasteiger partial charge is 0.368 e. The van der Waals surface area contributed by atoms with Crippen LogP contribution in [0.3, 0.4) is 0 Å². The average Bonchev–Trinajstić information content (AvgIpc) is 3.11. The minimum Gasteiger partial charge on any atom is -0.368 e. The normalized spacial score (nSPS) is 15.6. The fourth-order valence-electron chi connectivity index (χ4n) is 2.64. The van der Waals surface area contributed by atoms with Gasteiger partial charge in [0.25, 0.3) is 0 Å². The quantitative estimate of drug-likeness (QED) is 0.859. The summed E-state index contributed by atoms with van der Waals surface area (Å²) in [6, 6.07) is 0. The van der Waals surface area contributed by atoms with E-state index in [-0.39, 0.29) is 5.95 Å². The predicted octanol–water partition coefficient (Wildman–Crippen LogP) is 1.63. The Morgan fingerprint density at radius 2 is 2.10 bits per heavy atom. The number of anilines is 2. The second-order valence-corrected chi connectivity index (χ2v) is 5.15. The van der Waals surface area contributed by atoms with Crippen LogP contribution in [-0.4, -0.2) is 31.0 Å². The molecule has 0 amide bonds. The monoisotopic (exact) mass is 273 g/mol. The van der Waals surface area contributed by atoms with Crippen molar-refractivity contribution < 1.29 is 0 Å². The van der Waals surface area contributed by atoms with E-state index in [1.165, 1.54) is 25.7 Å². The SMILES string of the molecule is Nc1nc(NCCC2CCCC2)nc(-n2ccnc2)n1. The van der Waals surface area contributed by atoms with Gasteiger partial charge in [0.1, 0.15) is 6.33 Å². The Balaban J connectivity index is 1.63. The summed E-state index contributed by atoms with van der Waals surface area (Å²) in [5.74, 6) is 2.07. The summed E-state index contributed by atoms with van der Waals surface area (Å²) >= 11 is 0. The first-order chi connectivity index (χ1) is 9.81. The molecule has 2 aromatic rings. The minimum atomic E-state index is 0.215. The Morgan fingerprint density at radius 3 is 2.85 bits per heavy atom. The van der Waals surface area contributed by atoms with Gasteiger partial charge in [-0.05, 0) is 12.3 Å². The zero-order valence-corrected chi connectivity index (χ0v) is 11.4. The Morgan fingerprint density at radius 1 is 1.25 bits per heavy atom. The summed E-state index contributed by atoms with van der Waals surface area (Å²) < 4.78 is 1.71. The van der Waals surface area contributed by atoms with Crippen LogP contribution in [0.5, 0.6) is 0 Å². The van der Waals surface area contributed by atoms with Crippen LogP contribution in [0, 0.1) is 5.92 Å². The van der Waals surface area contributed by atoms with E-state index >= 15 is 0 Å². The van der Waals surface area contributed by atoms with Gasteiger partial charge in [0.2, 0.25) is 17.8 Å². The second-order valence-electron chi connectivity index (χ2n) is 5.15. The van der Waals surface area contributed by atoms with Crippen molar-refractivity contribution in [1.29, 1.82) is 0 Å². The molecule has 20 heavy (non-hydrogen) atoms. The highest BCUT2D eigenvalue weighted by molar-refractivity contribution is 5.34. The molecule has 0 spiro atoms. The standard InChI is InChI=1S/C13H19N7/c14-11-17-12(16-6-5-10-3-1-2-4-10)19-13(18-11)20-8-7-15-9-20/h7-10H,1-6H2,(H3,14,16,17,18,19). The summed E-state index contributed by atoms with van der Waals surface area (Å²) in [4.78, 5) is 16.5. The average molecular weight is 273 g/mol. The van der Waals surface area contributed by atoms with Crippen molar-refractivity contribution in [3.05, 3.63) is 18.7 Å². The molecular formula is C13H19N7. The van der Waals surface area contributed by atoms with Gasteiger partial charge < -0.3 is 11.1 Å². The third-order valence-corrected chi connectivity index (χ3v) is 3.69. The van der Waals surface area contributed by atoms with Crippen LogP contribution in [0.15, 0.2) is 18.7 Å². The predicted molar refractivity (Wildman–Crippen MR) is 76.4 cm³/mol. The maximum Gasteiger partial charge on any atom is 0.241 e. The van der Waals surface area contributed by atoms with Crippen molar-refractivity contribution in [3.8, 4) is 5.95 Å². The van der Waals surface area contributed by atoms with Crippen molar-refractivity contribution in [2.45, 2.75) is 32.1 Å². The van der Waals surface area contributed by atoms with Gasteiger partial charge in [-0.2, -0.15) is 15.0 Å². The van der Waals surface area contributed by atoms with Crippen LogP contribution in [0.25, 0.3) is 5.95 Å². The second kappa shape index (κ2) is 5.85. The molecule has 0 bridgehead atoms. The van der Waals surface area contributed by atoms with Crippen LogP contribution < -0.4 is 11.1 Å². The van der Waals surface area contributed by atoms with Crippen LogP contribution in [-0.2, 0) is 0 Å². The molecule has 1 aliphatic carbocycles. The van der Waals surface area contributed by atoms with Crippen molar-refractivity contribution in [2.75, 3.05) is 17.6 Å². The first kappa shape index (κ1) is 12.8. The smallest absolute Gasteiger partial charge is 0.241 e. The highest BCUT2D eigenvalue weighted by Gasteiger charge is 2.14. The van der Waals surface area contributed by atoms with E-state index in [1.54, 1.807) is 23.3 Å². The summed E-state index contributed by atoms with van der Waals surface area (Å²) in [6.45, 7) is 0.873. The lowest BCUT2D eigenvalue weighted by Gasteiger charge is -2.10. The molecule has 1 aliphatic rings. The van der Waals surface area contributed by atoms with E-state index in [0.717, 1.165) is 18.9 Å². The van der Waals surface area contributed by atoms with E-state index in [0.29, 0.717) is 11.9 Å². The van der Waals surface area contributed by atoms with Gasteiger partial charge in [-0.15, -0.1) is 0 Å². The molecule has 0 unspecified atom stereocenters. The maximum atomic E-state index is 5.72. The molecule has 106 valence electrons. The van der Waals surface area contributed by atoms with E-state index in [1.807, 2.05) is 0 Å². The number of nitrogens with two attached hydrogens (primary N) is 1. The highest BCUT2D eigenvalue weighted by atomic mass is 15.3. The highest BCUT2D eigenvalue weighted by Crippen LogP contribution is 2.27. The first-order valence-electron chi connectivity index (χ1n) is 7.05. The number of imidazole rings is 1. The number of hydrogen-bond acceptors (Lipinski definition) is 6. The van der Waals surface area contributed by atoms with Gasteiger partial charge in [-0.1, -0.05) is 25.7 Å². The van der Waals surface area contributed by atoms with E-state index in [4.69, 9.17) is 5.73 Å².